The minimum atomic E-state index is -3.37. The first-order chi connectivity index (χ1) is 8.05. The van der Waals surface area contributed by atoms with Crippen molar-refractivity contribution in [2.24, 2.45) is 5.73 Å². The standard InChI is InChI=1S/C11H17ClNO3P/c1-3-15-17(14,16-4-2)11(13)9-7-5-6-8-10(9)12/h5-8,11H,3-4,13H2,1-2H3/t11-/m1/s1. The SMILES string of the molecule is CCOP(=O)(OCC)[C@@H](N)c1ccccc1Cl. The molecular weight excluding hydrogens is 261 g/mol. The Labute approximate surface area is 107 Å². The molecule has 17 heavy (non-hydrogen) atoms. The first kappa shape index (κ1) is 14.7. The van der Waals surface area contributed by atoms with Crippen molar-refractivity contribution in [3.63, 3.8) is 0 Å². The third kappa shape index (κ3) is 3.54. The quantitative estimate of drug-likeness (QED) is 0.808. The Morgan fingerprint density at radius 3 is 2.29 bits per heavy atom. The molecule has 0 spiro atoms. The van der Waals surface area contributed by atoms with Crippen LogP contribution in [0.1, 0.15) is 25.2 Å². The van der Waals surface area contributed by atoms with E-state index in [-0.39, 0.29) is 13.2 Å². The van der Waals surface area contributed by atoms with Gasteiger partial charge < -0.3 is 14.8 Å². The van der Waals surface area contributed by atoms with E-state index in [1.54, 1.807) is 38.1 Å². The maximum absolute atomic E-state index is 12.4. The molecule has 4 nitrogen and oxygen atoms in total. The third-order valence-electron chi connectivity index (χ3n) is 2.18. The molecule has 96 valence electrons. The zero-order valence-electron chi connectivity index (χ0n) is 9.93. The van der Waals surface area contributed by atoms with Crippen molar-refractivity contribution in [2.75, 3.05) is 13.2 Å². The minimum absolute atomic E-state index is 0.273. The smallest absolute Gasteiger partial charge is 0.314 e. The lowest BCUT2D eigenvalue weighted by Crippen LogP contribution is -2.15. The zero-order valence-corrected chi connectivity index (χ0v) is 11.6. The van der Waals surface area contributed by atoms with E-state index in [1.807, 2.05) is 0 Å². The number of benzene rings is 1. The van der Waals surface area contributed by atoms with Crippen LogP contribution in [0, 0.1) is 0 Å². The predicted octanol–water partition coefficient (Wildman–Crippen LogP) is 3.56. The monoisotopic (exact) mass is 277 g/mol. The van der Waals surface area contributed by atoms with E-state index in [9.17, 15) is 4.57 Å². The topological polar surface area (TPSA) is 61.5 Å². The maximum atomic E-state index is 12.4. The van der Waals surface area contributed by atoms with Crippen LogP contribution in [0.25, 0.3) is 0 Å². The second-order valence-corrected chi connectivity index (χ2v) is 5.90. The predicted molar refractivity (Wildman–Crippen MR) is 69.2 cm³/mol. The molecule has 6 heteroatoms. The Morgan fingerprint density at radius 1 is 1.29 bits per heavy atom. The van der Waals surface area contributed by atoms with Crippen LogP contribution in [-0.4, -0.2) is 13.2 Å². The van der Waals surface area contributed by atoms with Crippen molar-refractivity contribution in [1.29, 1.82) is 0 Å². The van der Waals surface area contributed by atoms with Gasteiger partial charge in [-0.25, -0.2) is 0 Å². The van der Waals surface area contributed by atoms with Gasteiger partial charge in [0, 0.05) is 5.02 Å². The minimum Gasteiger partial charge on any atom is -0.314 e. The Kier molecular flexibility index (Phi) is 5.63. The summed E-state index contributed by atoms with van der Waals surface area (Å²) in [5, 5.41) is 0.458. The van der Waals surface area contributed by atoms with E-state index >= 15 is 0 Å². The molecule has 0 bridgehead atoms. The van der Waals surface area contributed by atoms with Gasteiger partial charge in [0.15, 0.2) is 0 Å². The third-order valence-corrected chi connectivity index (χ3v) is 4.72. The Hall–Kier alpha value is -0.380. The average Bonchev–Trinajstić information content (AvgIpc) is 2.29. The molecule has 0 fully saturated rings. The molecule has 0 saturated heterocycles. The summed E-state index contributed by atoms with van der Waals surface area (Å²) in [5.41, 5.74) is 6.52. The molecule has 0 aromatic heterocycles. The highest BCUT2D eigenvalue weighted by Crippen LogP contribution is 2.58. The molecule has 1 aromatic carbocycles. The number of nitrogens with two attached hydrogens (primary N) is 1. The van der Waals surface area contributed by atoms with E-state index in [0.29, 0.717) is 10.6 Å². The normalized spacial score (nSPS) is 13.6. The molecule has 1 aromatic rings. The van der Waals surface area contributed by atoms with E-state index in [0.717, 1.165) is 0 Å². The highest BCUT2D eigenvalue weighted by atomic mass is 35.5. The van der Waals surface area contributed by atoms with Crippen molar-refractivity contribution in [1.82, 2.24) is 0 Å². The number of rotatable bonds is 6. The molecule has 2 N–H and O–H groups in total. The summed E-state index contributed by atoms with van der Waals surface area (Å²) in [7, 11) is -3.37. The summed E-state index contributed by atoms with van der Waals surface area (Å²) < 4.78 is 22.8. The van der Waals surface area contributed by atoms with E-state index < -0.39 is 13.4 Å². The molecule has 0 unspecified atom stereocenters. The van der Waals surface area contributed by atoms with Gasteiger partial charge in [0.05, 0.1) is 13.2 Å². The van der Waals surface area contributed by atoms with Crippen LogP contribution >= 0.6 is 19.2 Å². The highest BCUT2D eigenvalue weighted by Gasteiger charge is 2.34. The highest BCUT2D eigenvalue weighted by molar-refractivity contribution is 7.54. The Bertz CT molecular complexity index is 403. The second-order valence-electron chi connectivity index (χ2n) is 3.34. The summed E-state index contributed by atoms with van der Waals surface area (Å²) in [4.78, 5) is 0. The van der Waals surface area contributed by atoms with Gasteiger partial charge in [0.1, 0.15) is 5.78 Å². The van der Waals surface area contributed by atoms with E-state index in [2.05, 4.69) is 0 Å². The molecule has 0 saturated carbocycles. The van der Waals surface area contributed by atoms with Crippen LogP contribution in [0.5, 0.6) is 0 Å². The number of hydrogen-bond donors (Lipinski definition) is 1. The van der Waals surface area contributed by atoms with Crippen LogP contribution in [0.15, 0.2) is 24.3 Å². The fourth-order valence-electron chi connectivity index (χ4n) is 1.44. The summed E-state index contributed by atoms with van der Waals surface area (Å²) in [5.74, 6) is -0.865. The fraction of sp³-hybridized carbons (Fsp3) is 0.455. The van der Waals surface area contributed by atoms with Crippen molar-refractivity contribution in [3.8, 4) is 0 Å². The van der Waals surface area contributed by atoms with Gasteiger partial charge >= 0.3 is 7.60 Å². The summed E-state index contributed by atoms with van der Waals surface area (Å²) in [6, 6.07) is 6.98. The lowest BCUT2D eigenvalue weighted by atomic mass is 10.2. The molecule has 1 atom stereocenters. The maximum Gasteiger partial charge on any atom is 0.351 e. The molecule has 1 rings (SSSR count). The summed E-state index contributed by atoms with van der Waals surface area (Å²) >= 11 is 6.01. The first-order valence-corrected chi connectivity index (χ1v) is 7.43. The van der Waals surface area contributed by atoms with E-state index in [1.165, 1.54) is 0 Å². The van der Waals surface area contributed by atoms with Gasteiger partial charge in [-0.05, 0) is 25.5 Å². The average molecular weight is 278 g/mol. The van der Waals surface area contributed by atoms with Gasteiger partial charge in [-0.15, -0.1) is 0 Å². The number of hydrogen-bond acceptors (Lipinski definition) is 4. The van der Waals surface area contributed by atoms with Gasteiger partial charge in [0.25, 0.3) is 0 Å². The van der Waals surface area contributed by atoms with Gasteiger partial charge in [-0.1, -0.05) is 29.8 Å². The second kappa shape index (κ2) is 6.53. The van der Waals surface area contributed by atoms with Crippen LogP contribution in [0.4, 0.5) is 0 Å². The molecule has 0 aliphatic rings. The van der Waals surface area contributed by atoms with Crippen molar-refractivity contribution >= 4 is 19.2 Å². The van der Waals surface area contributed by atoms with Crippen LogP contribution in [0.2, 0.25) is 5.02 Å². The molecule has 0 amide bonds. The Balaban J connectivity index is 3.04. The number of halogens is 1. The largest absolute Gasteiger partial charge is 0.351 e. The van der Waals surface area contributed by atoms with Crippen LogP contribution in [-0.2, 0) is 13.6 Å². The van der Waals surface area contributed by atoms with Gasteiger partial charge in [-0.2, -0.15) is 0 Å². The molecule has 0 heterocycles. The molecule has 0 radical (unpaired) electrons. The van der Waals surface area contributed by atoms with Crippen LogP contribution in [0.3, 0.4) is 0 Å². The first-order valence-electron chi connectivity index (χ1n) is 5.44. The fourth-order valence-corrected chi connectivity index (χ4v) is 3.45. The molecular formula is C11H17ClNO3P. The molecule has 0 aliphatic carbocycles. The van der Waals surface area contributed by atoms with Crippen LogP contribution < -0.4 is 5.73 Å². The molecule has 0 aliphatic heterocycles. The van der Waals surface area contributed by atoms with Crippen molar-refractivity contribution < 1.29 is 13.6 Å². The van der Waals surface area contributed by atoms with Gasteiger partial charge in [-0.3, -0.25) is 4.57 Å². The lowest BCUT2D eigenvalue weighted by Gasteiger charge is -2.23. The van der Waals surface area contributed by atoms with E-state index in [4.69, 9.17) is 26.4 Å². The lowest BCUT2D eigenvalue weighted by molar-refractivity contribution is 0.212. The zero-order chi connectivity index (χ0) is 12.9. The van der Waals surface area contributed by atoms with Crippen molar-refractivity contribution in [2.45, 2.75) is 19.6 Å². The summed E-state index contributed by atoms with van der Waals surface area (Å²) in [6.45, 7) is 4.03. The van der Waals surface area contributed by atoms with Crippen molar-refractivity contribution in [3.05, 3.63) is 34.9 Å². The van der Waals surface area contributed by atoms with Gasteiger partial charge in [0.2, 0.25) is 0 Å². The summed E-state index contributed by atoms with van der Waals surface area (Å²) in [6.07, 6.45) is 0. The Morgan fingerprint density at radius 2 is 1.82 bits per heavy atom.